The Morgan fingerprint density at radius 3 is 2.47 bits per heavy atom. The van der Waals surface area contributed by atoms with E-state index in [4.69, 9.17) is 0 Å². The molecule has 1 aromatic rings. The fourth-order valence-corrected chi connectivity index (χ4v) is 2.46. The van der Waals surface area contributed by atoms with Gasteiger partial charge >= 0.3 is 0 Å². The third-order valence-electron chi connectivity index (χ3n) is 3.46. The third-order valence-corrected chi connectivity index (χ3v) is 3.46. The second-order valence-electron chi connectivity index (χ2n) is 4.44. The molecule has 1 unspecified atom stereocenters. The van der Waals surface area contributed by atoms with E-state index in [1.165, 1.54) is 11.3 Å². The number of hydrogen-bond acceptors (Lipinski definition) is 1. The first-order valence-corrected chi connectivity index (χ1v) is 6.52. The number of benzene rings is 1. The molecule has 0 saturated heterocycles. The summed E-state index contributed by atoms with van der Waals surface area (Å²) in [7, 11) is 0. The highest BCUT2D eigenvalue weighted by atomic mass is 15.1. The van der Waals surface area contributed by atoms with Crippen LogP contribution in [-0.2, 0) is 0 Å². The van der Waals surface area contributed by atoms with Gasteiger partial charge < -0.3 is 4.90 Å². The molecule has 1 atom stereocenters. The van der Waals surface area contributed by atoms with Crippen LogP contribution < -0.4 is 0 Å². The number of rotatable bonds is 4. The molecule has 1 aliphatic rings. The maximum absolute atomic E-state index is 2.44. The summed E-state index contributed by atoms with van der Waals surface area (Å²) < 4.78 is 0. The molecule has 0 saturated carbocycles. The van der Waals surface area contributed by atoms with E-state index in [0.29, 0.717) is 5.92 Å². The molecule has 0 heterocycles. The minimum absolute atomic E-state index is 0.539. The monoisotopic (exact) mass is 227 g/mol. The Morgan fingerprint density at radius 2 is 1.82 bits per heavy atom. The molecule has 0 bridgehead atoms. The lowest BCUT2D eigenvalue weighted by Crippen LogP contribution is -2.24. The predicted molar refractivity (Wildman–Crippen MR) is 73.9 cm³/mol. The Morgan fingerprint density at radius 1 is 1.12 bits per heavy atom. The maximum Gasteiger partial charge on any atom is 0.0146 e. The second kappa shape index (κ2) is 5.72. The average molecular weight is 227 g/mol. The van der Waals surface area contributed by atoms with Crippen molar-refractivity contribution < 1.29 is 0 Å². The molecule has 0 fully saturated rings. The van der Waals surface area contributed by atoms with Gasteiger partial charge in [-0.1, -0.05) is 42.5 Å². The summed E-state index contributed by atoms with van der Waals surface area (Å²) in [6.07, 6.45) is 7.89. The quantitative estimate of drug-likeness (QED) is 0.752. The number of allylic oxidation sites excluding steroid dienone is 4. The van der Waals surface area contributed by atoms with E-state index in [2.05, 4.69) is 67.3 Å². The lowest BCUT2D eigenvalue weighted by atomic mass is 9.90. The zero-order valence-electron chi connectivity index (χ0n) is 10.8. The zero-order valence-corrected chi connectivity index (χ0v) is 10.8. The van der Waals surface area contributed by atoms with Crippen molar-refractivity contribution in [2.45, 2.75) is 26.2 Å². The first-order valence-electron chi connectivity index (χ1n) is 6.52. The van der Waals surface area contributed by atoms with Crippen LogP contribution in [0, 0.1) is 0 Å². The van der Waals surface area contributed by atoms with Gasteiger partial charge in [-0.3, -0.25) is 0 Å². The van der Waals surface area contributed by atoms with Crippen LogP contribution in [0.25, 0.3) is 0 Å². The molecule has 1 nitrogen and oxygen atoms in total. The molecule has 1 aromatic carbocycles. The van der Waals surface area contributed by atoms with Crippen LogP contribution in [0.5, 0.6) is 0 Å². The number of nitrogens with zero attached hydrogens (tertiary/aromatic N) is 1. The van der Waals surface area contributed by atoms with E-state index in [0.717, 1.165) is 19.5 Å². The Bertz CT molecular complexity index is 399. The minimum atomic E-state index is 0.539. The number of hydrogen-bond donors (Lipinski definition) is 0. The lowest BCUT2D eigenvalue weighted by molar-refractivity contribution is 0.362. The van der Waals surface area contributed by atoms with Crippen LogP contribution in [-0.4, -0.2) is 18.0 Å². The van der Waals surface area contributed by atoms with Crippen LogP contribution in [0.1, 0.15) is 31.7 Å². The van der Waals surface area contributed by atoms with Gasteiger partial charge in [0.1, 0.15) is 0 Å². The molecule has 1 heteroatoms. The van der Waals surface area contributed by atoms with Crippen molar-refractivity contribution in [3.63, 3.8) is 0 Å². The van der Waals surface area contributed by atoms with Crippen molar-refractivity contribution in [3.8, 4) is 0 Å². The molecule has 0 N–H and O–H groups in total. The van der Waals surface area contributed by atoms with Gasteiger partial charge in [-0.15, -0.1) is 0 Å². The SMILES string of the molecule is CCN(CC)C1=CC=CC(c2ccccc2)C1. The summed E-state index contributed by atoms with van der Waals surface area (Å²) in [4.78, 5) is 2.44. The van der Waals surface area contributed by atoms with Gasteiger partial charge in [0.25, 0.3) is 0 Å². The fraction of sp³-hybridized carbons (Fsp3) is 0.375. The summed E-state index contributed by atoms with van der Waals surface area (Å²) in [5, 5.41) is 0. The normalized spacial score (nSPS) is 18.9. The molecular weight excluding hydrogens is 206 g/mol. The largest absolute Gasteiger partial charge is 0.375 e. The third kappa shape index (κ3) is 2.79. The van der Waals surface area contributed by atoms with Crippen molar-refractivity contribution in [1.82, 2.24) is 4.90 Å². The summed E-state index contributed by atoms with van der Waals surface area (Å²) >= 11 is 0. The average Bonchev–Trinajstić information content (AvgIpc) is 2.42. The summed E-state index contributed by atoms with van der Waals surface area (Å²) in [5.74, 6) is 0.539. The van der Waals surface area contributed by atoms with Gasteiger partial charge in [0.2, 0.25) is 0 Å². The van der Waals surface area contributed by atoms with Crippen molar-refractivity contribution in [1.29, 1.82) is 0 Å². The van der Waals surface area contributed by atoms with Gasteiger partial charge in [-0.2, -0.15) is 0 Å². The second-order valence-corrected chi connectivity index (χ2v) is 4.44. The van der Waals surface area contributed by atoms with E-state index < -0.39 is 0 Å². The molecular formula is C16H21N. The van der Waals surface area contributed by atoms with Crippen LogP contribution in [0.3, 0.4) is 0 Å². The van der Waals surface area contributed by atoms with Gasteiger partial charge in [-0.25, -0.2) is 0 Å². The molecule has 0 radical (unpaired) electrons. The van der Waals surface area contributed by atoms with Gasteiger partial charge in [0.05, 0.1) is 0 Å². The predicted octanol–water partition coefficient (Wildman–Crippen LogP) is 3.96. The van der Waals surface area contributed by atoms with Crippen molar-refractivity contribution in [3.05, 3.63) is 59.8 Å². The highest BCUT2D eigenvalue weighted by Crippen LogP contribution is 2.29. The van der Waals surface area contributed by atoms with E-state index in [1.54, 1.807) is 0 Å². The van der Waals surface area contributed by atoms with E-state index in [1.807, 2.05) is 0 Å². The topological polar surface area (TPSA) is 3.24 Å². The molecule has 0 amide bonds. The minimum Gasteiger partial charge on any atom is -0.375 e. The van der Waals surface area contributed by atoms with Crippen LogP contribution in [0.15, 0.2) is 54.3 Å². The van der Waals surface area contributed by atoms with E-state index in [-0.39, 0.29) is 0 Å². The highest BCUT2D eigenvalue weighted by Gasteiger charge is 2.15. The van der Waals surface area contributed by atoms with Gasteiger partial charge in [-0.05, 0) is 31.9 Å². The zero-order chi connectivity index (χ0) is 12.1. The molecule has 17 heavy (non-hydrogen) atoms. The summed E-state index contributed by atoms with van der Waals surface area (Å²) in [6.45, 7) is 6.63. The molecule has 0 aromatic heterocycles. The molecule has 1 aliphatic carbocycles. The van der Waals surface area contributed by atoms with Crippen LogP contribution in [0.4, 0.5) is 0 Å². The molecule has 90 valence electrons. The maximum atomic E-state index is 2.44. The first kappa shape index (κ1) is 12.0. The molecule has 0 aliphatic heterocycles. The summed E-state index contributed by atoms with van der Waals surface area (Å²) in [6, 6.07) is 10.8. The van der Waals surface area contributed by atoms with E-state index in [9.17, 15) is 0 Å². The van der Waals surface area contributed by atoms with Gasteiger partial charge in [0.15, 0.2) is 0 Å². The van der Waals surface area contributed by atoms with Crippen molar-refractivity contribution in [2.24, 2.45) is 0 Å². The van der Waals surface area contributed by atoms with Crippen molar-refractivity contribution in [2.75, 3.05) is 13.1 Å². The fourth-order valence-electron chi connectivity index (χ4n) is 2.46. The standard InChI is InChI=1S/C16H21N/c1-3-17(4-2)16-12-8-11-15(13-16)14-9-6-5-7-10-14/h5-12,15H,3-4,13H2,1-2H3. The Hall–Kier alpha value is -1.50. The Balaban J connectivity index is 2.12. The lowest BCUT2D eigenvalue weighted by Gasteiger charge is -2.29. The Labute approximate surface area is 104 Å². The Kier molecular flexibility index (Phi) is 4.03. The van der Waals surface area contributed by atoms with Crippen LogP contribution in [0.2, 0.25) is 0 Å². The first-order chi connectivity index (χ1) is 8.35. The van der Waals surface area contributed by atoms with Crippen molar-refractivity contribution >= 4 is 0 Å². The van der Waals surface area contributed by atoms with Gasteiger partial charge in [0, 0.05) is 24.7 Å². The van der Waals surface area contributed by atoms with E-state index >= 15 is 0 Å². The summed E-state index contributed by atoms with van der Waals surface area (Å²) in [5.41, 5.74) is 2.88. The van der Waals surface area contributed by atoms with Crippen LogP contribution >= 0.6 is 0 Å². The molecule has 2 rings (SSSR count). The smallest absolute Gasteiger partial charge is 0.0146 e. The highest BCUT2D eigenvalue weighted by molar-refractivity contribution is 5.31. The molecule has 0 spiro atoms.